The van der Waals surface area contributed by atoms with Crippen molar-refractivity contribution in [3.63, 3.8) is 0 Å². The minimum atomic E-state index is 0.261. The van der Waals surface area contributed by atoms with Crippen LogP contribution >= 0.6 is 11.6 Å². The minimum Gasteiger partial charge on any atom is -0.496 e. The Balaban J connectivity index is 2.80. The van der Waals surface area contributed by atoms with E-state index in [9.17, 15) is 0 Å². The molecule has 4 heteroatoms. The third kappa shape index (κ3) is 3.67. The van der Waals surface area contributed by atoms with Gasteiger partial charge in [0, 0.05) is 11.1 Å². The van der Waals surface area contributed by atoms with Gasteiger partial charge >= 0.3 is 0 Å². The molecule has 3 nitrogen and oxygen atoms in total. The van der Waals surface area contributed by atoms with Gasteiger partial charge in [0.25, 0.3) is 0 Å². The summed E-state index contributed by atoms with van der Waals surface area (Å²) >= 11 is 5.97. The molecule has 1 aromatic rings. The Morgan fingerprint density at radius 2 is 2.25 bits per heavy atom. The number of halogens is 1. The zero-order valence-corrected chi connectivity index (χ0v) is 10.6. The average Bonchev–Trinajstić information content (AvgIpc) is 2.29. The highest BCUT2D eigenvalue weighted by Gasteiger charge is 2.11. The van der Waals surface area contributed by atoms with E-state index in [1.165, 1.54) is 0 Å². The van der Waals surface area contributed by atoms with E-state index in [4.69, 9.17) is 22.2 Å². The summed E-state index contributed by atoms with van der Waals surface area (Å²) in [5.41, 5.74) is 3.91. The summed E-state index contributed by atoms with van der Waals surface area (Å²) in [7, 11) is 1.66. The molecule has 3 N–H and O–H groups in total. The van der Waals surface area contributed by atoms with Crippen LogP contribution in [0.2, 0.25) is 5.02 Å². The van der Waals surface area contributed by atoms with Crippen molar-refractivity contribution in [3.05, 3.63) is 28.8 Å². The summed E-state index contributed by atoms with van der Waals surface area (Å²) in [5, 5.41) is 0.725. The summed E-state index contributed by atoms with van der Waals surface area (Å²) in [6.45, 7) is 2.14. The van der Waals surface area contributed by atoms with Crippen LogP contribution in [-0.4, -0.2) is 13.2 Å². The van der Waals surface area contributed by atoms with Gasteiger partial charge in [0.05, 0.1) is 7.11 Å². The van der Waals surface area contributed by atoms with E-state index in [2.05, 4.69) is 12.3 Å². The number of ether oxygens (including phenoxy) is 1. The number of nitrogens with one attached hydrogen (secondary N) is 1. The van der Waals surface area contributed by atoms with E-state index in [0.717, 1.165) is 35.6 Å². The van der Waals surface area contributed by atoms with Gasteiger partial charge < -0.3 is 4.74 Å². The highest BCUT2D eigenvalue weighted by atomic mass is 35.5. The lowest BCUT2D eigenvalue weighted by Crippen LogP contribution is -2.36. The lowest BCUT2D eigenvalue weighted by molar-refractivity contribution is 0.402. The van der Waals surface area contributed by atoms with Crippen LogP contribution in [0, 0.1) is 0 Å². The molecule has 0 fully saturated rings. The summed E-state index contributed by atoms with van der Waals surface area (Å²) in [4.78, 5) is 0. The fourth-order valence-electron chi connectivity index (χ4n) is 1.76. The Kier molecular flexibility index (Phi) is 5.60. The maximum Gasteiger partial charge on any atom is 0.122 e. The molecule has 16 heavy (non-hydrogen) atoms. The first-order valence-corrected chi connectivity index (χ1v) is 5.87. The van der Waals surface area contributed by atoms with Gasteiger partial charge in [0.2, 0.25) is 0 Å². The first kappa shape index (κ1) is 13.3. The summed E-state index contributed by atoms with van der Waals surface area (Å²) in [5.74, 6) is 6.37. The quantitative estimate of drug-likeness (QED) is 0.595. The van der Waals surface area contributed by atoms with Crippen LogP contribution in [0.1, 0.15) is 25.3 Å². The first-order valence-electron chi connectivity index (χ1n) is 5.49. The van der Waals surface area contributed by atoms with Crippen molar-refractivity contribution in [2.75, 3.05) is 7.11 Å². The minimum absolute atomic E-state index is 0.261. The predicted molar refractivity (Wildman–Crippen MR) is 67.7 cm³/mol. The fraction of sp³-hybridized carbons (Fsp3) is 0.500. The zero-order chi connectivity index (χ0) is 12.0. The van der Waals surface area contributed by atoms with Crippen molar-refractivity contribution in [1.29, 1.82) is 0 Å². The number of benzene rings is 1. The van der Waals surface area contributed by atoms with E-state index in [1.807, 2.05) is 18.2 Å². The van der Waals surface area contributed by atoms with Crippen LogP contribution in [0.5, 0.6) is 5.75 Å². The van der Waals surface area contributed by atoms with Gasteiger partial charge in [0.15, 0.2) is 0 Å². The molecule has 0 aromatic heterocycles. The maximum atomic E-state index is 5.97. The second kappa shape index (κ2) is 6.74. The molecule has 0 spiro atoms. The SMILES string of the molecule is CCCC(Cc1cc(Cl)ccc1OC)NN. The molecule has 0 saturated heterocycles. The lowest BCUT2D eigenvalue weighted by atomic mass is 10.0. The van der Waals surface area contributed by atoms with Crippen molar-refractivity contribution >= 4 is 11.6 Å². The largest absolute Gasteiger partial charge is 0.496 e. The van der Waals surface area contributed by atoms with Gasteiger partial charge in [-0.05, 0) is 36.6 Å². The molecule has 0 heterocycles. The monoisotopic (exact) mass is 242 g/mol. The fourth-order valence-corrected chi connectivity index (χ4v) is 1.96. The molecular weight excluding hydrogens is 224 g/mol. The Morgan fingerprint density at radius 1 is 1.50 bits per heavy atom. The summed E-state index contributed by atoms with van der Waals surface area (Å²) in [6.07, 6.45) is 2.96. The van der Waals surface area contributed by atoms with E-state index in [0.29, 0.717) is 0 Å². The van der Waals surface area contributed by atoms with Crippen molar-refractivity contribution in [3.8, 4) is 5.75 Å². The molecule has 0 aliphatic carbocycles. The van der Waals surface area contributed by atoms with Gasteiger partial charge in [-0.15, -0.1) is 0 Å². The highest BCUT2D eigenvalue weighted by Crippen LogP contribution is 2.24. The van der Waals surface area contributed by atoms with E-state index >= 15 is 0 Å². The normalized spacial score (nSPS) is 12.5. The number of methoxy groups -OCH3 is 1. The average molecular weight is 243 g/mol. The Morgan fingerprint density at radius 3 is 2.81 bits per heavy atom. The van der Waals surface area contributed by atoms with Gasteiger partial charge in [0.1, 0.15) is 5.75 Å². The van der Waals surface area contributed by atoms with Crippen molar-refractivity contribution in [1.82, 2.24) is 5.43 Å². The van der Waals surface area contributed by atoms with Gasteiger partial charge in [-0.25, -0.2) is 0 Å². The van der Waals surface area contributed by atoms with Crippen molar-refractivity contribution in [2.45, 2.75) is 32.2 Å². The lowest BCUT2D eigenvalue weighted by Gasteiger charge is -2.17. The standard InChI is InChI=1S/C12H19ClN2O/c1-3-4-11(15-14)8-9-7-10(13)5-6-12(9)16-2/h5-7,11,15H,3-4,8,14H2,1-2H3. The smallest absolute Gasteiger partial charge is 0.122 e. The molecule has 0 radical (unpaired) electrons. The topological polar surface area (TPSA) is 47.3 Å². The highest BCUT2D eigenvalue weighted by molar-refractivity contribution is 6.30. The van der Waals surface area contributed by atoms with Gasteiger partial charge in [-0.1, -0.05) is 24.9 Å². The second-order valence-electron chi connectivity index (χ2n) is 3.81. The Bertz CT molecular complexity index is 331. The number of hydrogen-bond donors (Lipinski definition) is 2. The summed E-state index contributed by atoms with van der Waals surface area (Å²) < 4.78 is 5.30. The van der Waals surface area contributed by atoms with Crippen molar-refractivity contribution in [2.24, 2.45) is 5.84 Å². The van der Waals surface area contributed by atoms with Crippen LogP contribution in [0.15, 0.2) is 18.2 Å². The van der Waals surface area contributed by atoms with Gasteiger partial charge in [-0.2, -0.15) is 0 Å². The Hall–Kier alpha value is -0.770. The number of hydrogen-bond acceptors (Lipinski definition) is 3. The Labute approximate surface area is 102 Å². The maximum absolute atomic E-state index is 5.97. The first-order chi connectivity index (χ1) is 7.71. The molecule has 1 aromatic carbocycles. The molecule has 1 unspecified atom stereocenters. The molecule has 1 atom stereocenters. The van der Waals surface area contributed by atoms with E-state index < -0.39 is 0 Å². The third-order valence-electron chi connectivity index (χ3n) is 2.58. The summed E-state index contributed by atoms with van der Waals surface area (Å²) in [6, 6.07) is 5.91. The van der Waals surface area contributed by atoms with Gasteiger partial charge in [-0.3, -0.25) is 11.3 Å². The molecule has 1 rings (SSSR count). The van der Waals surface area contributed by atoms with E-state index in [-0.39, 0.29) is 6.04 Å². The molecular formula is C12H19ClN2O. The number of rotatable bonds is 6. The molecule has 0 saturated carbocycles. The van der Waals surface area contributed by atoms with Crippen LogP contribution in [0.25, 0.3) is 0 Å². The number of hydrazine groups is 1. The molecule has 0 amide bonds. The third-order valence-corrected chi connectivity index (χ3v) is 2.82. The molecule has 0 bridgehead atoms. The van der Waals surface area contributed by atoms with Crippen LogP contribution in [0.4, 0.5) is 0 Å². The van der Waals surface area contributed by atoms with E-state index in [1.54, 1.807) is 7.11 Å². The zero-order valence-electron chi connectivity index (χ0n) is 9.79. The molecule has 0 aliphatic rings. The predicted octanol–water partition coefficient (Wildman–Crippen LogP) is 2.52. The van der Waals surface area contributed by atoms with Crippen LogP contribution < -0.4 is 16.0 Å². The molecule has 0 aliphatic heterocycles. The molecule has 90 valence electrons. The van der Waals surface area contributed by atoms with Crippen molar-refractivity contribution < 1.29 is 4.74 Å². The van der Waals surface area contributed by atoms with Crippen LogP contribution in [-0.2, 0) is 6.42 Å². The second-order valence-corrected chi connectivity index (χ2v) is 4.25. The number of nitrogens with two attached hydrogens (primary N) is 1. The van der Waals surface area contributed by atoms with Crippen LogP contribution in [0.3, 0.4) is 0 Å².